The van der Waals surface area contributed by atoms with Crippen LogP contribution in [0.2, 0.25) is 10.0 Å². The van der Waals surface area contributed by atoms with Gasteiger partial charge >= 0.3 is 0 Å². The van der Waals surface area contributed by atoms with E-state index in [1.54, 1.807) is 6.07 Å². The Morgan fingerprint density at radius 3 is 2.13 bits per heavy atom. The molecule has 0 aliphatic heterocycles. The molecule has 2 rings (SSSR count). The van der Waals surface area contributed by atoms with Crippen molar-refractivity contribution in [2.24, 2.45) is 5.92 Å². The summed E-state index contributed by atoms with van der Waals surface area (Å²) in [5.74, 6) is 0.841. The fraction of sp³-hybridized carbons (Fsp3) is 0.538. The van der Waals surface area contributed by atoms with Crippen molar-refractivity contribution in [3.63, 3.8) is 0 Å². The standard InChI is InChI=1S/C13H16Cl2/c14-12-7-11(8-13(15)9-12)6-10-4-2-1-3-5-10/h7-10H,1-6H2. The molecule has 0 unspecified atom stereocenters. The minimum atomic E-state index is 0.758. The van der Waals surface area contributed by atoms with Gasteiger partial charge in [0.1, 0.15) is 0 Å². The highest BCUT2D eigenvalue weighted by molar-refractivity contribution is 6.34. The van der Waals surface area contributed by atoms with E-state index in [2.05, 4.69) is 0 Å². The summed E-state index contributed by atoms with van der Waals surface area (Å²) in [6.45, 7) is 0. The lowest BCUT2D eigenvalue weighted by molar-refractivity contribution is 0.356. The van der Waals surface area contributed by atoms with Gasteiger partial charge in [-0.1, -0.05) is 55.3 Å². The van der Waals surface area contributed by atoms with Crippen molar-refractivity contribution in [1.29, 1.82) is 0 Å². The monoisotopic (exact) mass is 242 g/mol. The van der Waals surface area contributed by atoms with Crippen molar-refractivity contribution < 1.29 is 0 Å². The van der Waals surface area contributed by atoms with E-state index < -0.39 is 0 Å². The molecule has 0 atom stereocenters. The van der Waals surface area contributed by atoms with E-state index in [1.807, 2.05) is 12.1 Å². The molecule has 0 aromatic heterocycles. The minimum Gasteiger partial charge on any atom is -0.0843 e. The molecule has 0 heterocycles. The third-order valence-electron chi connectivity index (χ3n) is 3.17. The first-order valence-corrected chi connectivity index (χ1v) is 6.44. The van der Waals surface area contributed by atoms with Gasteiger partial charge in [-0.15, -0.1) is 0 Å². The van der Waals surface area contributed by atoms with Gasteiger partial charge in [-0.2, -0.15) is 0 Å². The van der Waals surface area contributed by atoms with Gasteiger partial charge in [-0.05, 0) is 36.1 Å². The van der Waals surface area contributed by atoms with Crippen LogP contribution in [0.4, 0.5) is 0 Å². The molecule has 1 fully saturated rings. The maximum absolute atomic E-state index is 5.98. The summed E-state index contributed by atoms with van der Waals surface area (Å²) >= 11 is 12.0. The molecule has 0 spiro atoms. The average molecular weight is 243 g/mol. The average Bonchev–Trinajstić information content (AvgIpc) is 2.17. The maximum Gasteiger partial charge on any atom is 0.0423 e. The number of halogens is 2. The van der Waals surface area contributed by atoms with Gasteiger partial charge in [-0.3, -0.25) is 0 Å². The van der Waals surface area contributed by atoms with E-state index >= 15 is 0 Å². The van der Waals surface area contributed by atoms with Gasteiger partial charge in [0.2, 0.25) is 0 Å². The number of hydrogen-bond donors (Lipinski definition) is 0. The quantitative estimate of drug-likeness (QED) is 0.676. The third-order valence-corrected chi connectivity index (χ3v) is 3.61. The van der Waals surface area contributed by atoms with Crippen LogP contribution in [0.3, 0.4) is 0 Å². The van der Waals surface area contributed by atoms with Crippen LogP contribution in [0.1, 0.15) is 37.7 Å². The van der Waals surface area contributed by atoms with Crippen LogP contribution in [-0.2, 0) is 6.42 Å². The number of hydrogen-bond acceptors (Lipinski definition) is 0. The van der Waals surface area contributed by atoms with Crippen LogP contribution in [0.5, 0.6) is 0 Å². The van der Waals surface area contributed by atoms with E-state index in [0.717, 1.165) is 22.4 Å². The predicted octanol–water partition coefficient (Wildman–Crippen LogP) is 5.12. The minimum absolute atomic E-state index is 0.758. The molecule has 1 saturated carbocycles. The molecular formula is C13H16Cl2. The first kappa shape index (κ1) is 11.3. The summed E-state index contributed by atoms with van der Waals surface area (Å²) in [4.78, 5) is 0. The maximum atomic E-state index is 5.98. The zero-order chi connectivity index (χ0) is 10.7. The highest BCUT2D eigenvalue weighted by atomic mass is 35.5. The van der Waals surface area contributed by atoms with E-state index in [-0.39, 0.29) is 0 Å². The molecule has 0 saturated heterocycles. The fourth-order valence-electron chi connectivity index (χ4n) is 2.45. The SMILES string of the molecule is Clc1cc(Cl)cc(CC2CCCCC2)c1. The fourth-order valence-corrected chi connectivity index (χ4v) is 3.02. The molecule has 82 valence electrons. The van der Waals surface area contributed by atoms with Gasteiger partial charge < -0.3 is 0 Å². The molecule has 1 aromatic carbocycles. The van der Waals surface area contributed by atoms with E-state index in [0.29, 0.717) is 0 Å². The highest BCUT2D eigenvalue weighted by Crippen LogP contribution is 2.28. The molecule has 1 aromatic rings. The normalized spacial score (nSPS) is 18.0. The van der Waals surface area contributed by atoms with Gasteiger partial charge in [0, 0.05) is 10.0 Å². The number of benzene rings is 1. The molecule has 0 bridgehead atoms. The third kappa shape index (κ3) is 3.39. The Morgan fingerprint density at radius 1 is 0.933 bits per heavy atom. The van der Waals surface area contributed by atoms with Crippen molar-refractivity contribution in [3.8, 4) is 0 Å². The summed E-state index contributed by atoms with van der Waals surface area (Å²) in [7, 11) is 0. The van der Waals surface area contributed by atoms with Crippen LogP contribution in [-0.4, -0.2) is 0 Å². The zero-order valence-corrected chi connectivity index (χ0v) is 10.3. The molecule has 2 heteroatoms. The smallest absolute Gasteiger partial charge is 0.0423 e. The molecule has 0 radical (unpaired) electrons. The van der Waals surface area contributed by atoms with Crippen molar-refractivity contribution in [1.82, 2.24) is 0 Å². The van der Waals surface area contributed by atoms with Gasteiger partial charge in [-0.25, -0.2) is 0 Å². The van der Waals surface area contributed by atoms with Crippen LogP contribution < -0.4 is 0 Å². The molecular weight excluding hydrogens is 227 g/mol. The Kier molecular flexibility index (Phi) is 3.93. The second kappa shape index (κ2) is 5.23. The second-order valence-corrected chi connectivity index (χ2v) is 5.36. The predicted molar refractivity (Wildman–Crippen MR) is 66.7 cm³/mol. The molecule has 1 aliphatic rings. The first-order valence-electron chi connectivity index (χ1n) is 5.69. The van der Waals surface area contributed by atoms with Crippen LogP contribution in [0, 0.1) is 5.92 Å². The summed E-state index contributed by atoms with van der Waals surface area (Å²) in [5, 5.41) is 1.52. The van der Waals surface area contributed by atoms with Crippen molar-refractivity contribution in [3.05, 3.63) is 33.8 Å². The lowest BCUT2D eigenvalue weighted by atomic mass is 9.85. The lowest BCUT2D eigenvalue weighted by Crippen LogP contribution is -2.09. The Bertz CT molecular complexity index is 307. The van der Waals surface area contributed by atoms with Gasteiger partial charge in [0.25, 0.3) is 0 Å². The summed E-state index contributed by atoms with van der Waals surface area (Å²) in [6.07, 6.45) is 8.05. The van der Waals surface area contributed by atoms with Crippen molar-refractivity contribution in [2.45, 2.75) is 38.5 Å². The van der Waals surface area contributed by atoms with E-state index in [1.165, 1.54) is 37.7 Å². The summed E-state index contributed by atoms with van der Waals surface area (Å²) < 4.78 is 0. The first-order chi connectivity index (χ1) is 7.24. The molecule has 15 heavy (non-hydrogen) atoms. The van der Waals surface area contributed by atoms with E-state index in [4.69, 9.17) is 23.2 Å². The Balaban J connectivity index is 2.02. The van der Waals surface area contributed by atoms with Crippen LogP contribution in [0.25, 0.3) is 0 Å². The van der Waals surface area contributed by atoms with Crippen molar-refractivity contribution in [2.75, 3.05) is 0 Å². The van der Waals surface area contributed by atoms with Crippen LogP contribution in [0.15, 0.2) is 18.2 Å². The van der Waals surface area contributed by atoms with E-state index in [9.17, 15) is 0 Å². The molecule has 0 amide bonds. The topological polar surface area (TPSA) is 0 Å². The van der Waals surface area contributed by atoms with Gasteiger partial charge in [0.05, 0.1) is 0 Å². The van der Waals surface area contributed by atoms with Gasteiger partial charge in [0.15, 0.2) is 0 Å². The van der Waals surface area contributed by atoms with Crippen LogP contribution >= 0.6 is 23.2 Å². The Morgan fingerprint density at radius 2 is 1.53 bits per heavy atom. The Labute approximate surface area is 102 Å². The molecule has 0 N–H and O–H groups in total. The number of rotatable bonds is 2. The highest BCUT2D eigenvalue weighted by Gasteiger charge is 2.14. The lowest BCUT2D eigenvalue weighted by Gasteiger charge is -2.21. The molecule has 1 aliphatic carbocycles. The summed E-state index contributed by atoms with van der Waals surface area (Å²) in [5.41, 5.74) is 1.29. The van der Waals surface area contributed by atoms with Crippen molar-refractivity contribution >= 4 is 23.2 Å². The zero-order valence-electron chi connectivity index (χ0n) is 8.81. The Hall–Kier alpha value is -0.200. The summed E-state index contributed by atoms with van der Waals surface area (Å²) in [6, 6.07) is 5.89. The molecule has 0 nitrogen and oxygen atoms in total. The largest absolute Gasteiger partial charge is 0.0843 e. The second-order valence-electron chi connectivity index (χ2n) is 4.49.